The first-order valence-electron chi connectivity index (χ1n) is 12.9. The van der Waals surface area contributed by atoms with Crippen LogP contribution >= 0.6 is 0 Å². The van der Waals surface area contributed by atoms with E-state index in [1.807, 2.05) is 65.2 Å². The van der Waals surface area contributed by atoms with E-state index in [1.54, 1.807) is 0 Å². The second kappa shape index (κ2) is 9.51. The van der Waals surface area contributed by atoms with Crippen molar-refractivity contribution < 1.29 is 30.4 Å². The standard InChI is InChI=1S/C33H24N5O.Pt/c1-35-19-20-36(22-35)32-18-17-31-33(34-32)38(28-13-7-8-14-30(28)39-31)24-15-16-26-25-11-5-6-12-27(25)37(29(26)21-24)23-9-3-2-4-10-23;/h2-22H,1H3;/q+1;+2. The van der Waals surface area contributed by atoms with E-state index in [-0.39, 0.29) is 21.1 Å². The molecule has 0 fully saturated rings. The van der Waals surface area contributed by atoms with Gasteiger partial charge in [0.05, 0.1) is 29.5 Å². The van der Waals surface area contributed by atoms with Gasteiger partial charge in [0, 0.05) is 22.5 Å². The van der Waals surface area contributed by atoms with Crippen molar-refractivity contribution >= 4 is 39.0 Å². The predicted octanol–water partition coefficient (Wildman–Crippen LogP) is 7.37. The van der Waals surface area contributed by atoms with Gasteiger partial charge in [-0.1, -0.05) is 54.6 Å². The van der Waals surface area contributed by atoms with Crippen molar-refractivity contribution in [3.8, 4) is 23.0 Å². The van der Waals surface area contributed by atoms with Crippen molar-refractivity contribution in [2.75, 3.05) is 4.90 Å². The largest absolute Gasteiger partial charge is 2.00 e. The van der Waals surface area contributed by atoms with Crippen LogP contribution in [0.1, 0.15) is 0 Å². The fourth-order valence-corrected chi connectivity index (χ4v) is 5.57. The monoisotopic (exact) mass is 701 g/mol. The molecule has 0 aliphatic carbocycles. The number of para-hydroxylation sites is 4. The van der Waals surface area contributed by atoms with Gasteiger partial charge in [0.1, 0.15) is 12.4 Å². The molecule has 1 aliphatic rings. The van der Waals surface area contributed by atoms with Gasteiger partial charge in [0.25, 0.3) is 0 Å². The van der Waals surface area contributed by atoms with Crippen LogP contribution < -0.4 is 14.2 Å². The Hall–Kier alpha value is -4.67. The molecule has 0 N–H and O–H groups in total. The summed E-state index contributed by atoms with van der Waals surface area (Å²) >= 11 is 0. The van der Waals surface area contributed by atoms with Gasteiger partial charge in [-0.15, -0.1) is 0 Å². The number of anilines is 3. The second-order valence-corrected chi connectivity index (χ2v) is 9.77. The Morgan fingerprint density at radius 3 is 2.33 bits per heavy atom. The Balaban J connectivity index is 0.00000264. The Labute approximate surface area is 245 Å². The number of pyridine rings is 1. The predicted molar refractivity (Wildman–Crippen MR) is 154 cm³/mol. The van der Waals surface area contributed by atoms with Gasteiger partial charge in [-0.25, -0.2) is 4.57 Å². The molecule has 1 aliphatic heterocycles. The maximum atomic E-state index is 6.33. The van der Waals surface area contributed by atoms with E-state index in [1.165, 1.54) is 16.3 Å². The van der Waals surface area contributed by atoms with Crippen molar-refractivity contribution in [2.45, 2.75) is 0 Å². The fraction of sp³-hybridized carbons (Fsp3) is 0.0303. The van der Waals surface area contributed by atoms with Crippen LogP contribution in [0.25, 0.3) is 33.3 Å². The molecule has 0 radical (unpaired) electrons. The Morgan fingerprint density at radius 2 is 1.48 bits per heavy atom. The Morgan fingerprint density at radius 1 is 0.700 bits per heavy atom. The SMILES string of the molecule is C[n+]1ccn(-c2ccc3c(n2)N(c2ccc4c5ccccc5n(-c5ccccc5)c4c2)c2ccccc2O3)c1.[Pt+2]. The molecule has 6 nitrogen and oxygen atoms in total. The van der Waals surface area contributed by atoms with Gasteiger partial charge in [-0.2, -0.15) is 9.55 Å². The summed E-state index contributed by atoms with van der Waals surface area (Å²) in [5, 5.41) is 2.44. The van der Waals surface area contributed by atoms with Crippen molar-refractivity contribution in [1.82, 2.24) is 14.1 Å². The molecule has 4 aromatic carbocycles. The summed E-state index contributed by atoms with van der Waals surface area (Å²) in [6, 6.07) is 37.9. The number of hydrogen-bond acceptors (Lipinski definition) is 3. The molecule has 0 spiro atoms. The van der Waals surface area contributed by atoms with Crippen LogP contribution in [0.3, 0.4) is 0 Å². The molecule has 0 bridgehead atoms. The molecule has 0 atom stereocenters. The number of nitrogens with zero attached hydrogens (tertiary/aromatic N) is 5. The number of hydrogen-bond donors (Lipinski definition) is 0. The van der Waals surface area contributed by atoms with Crippen LogP contribution in [0.2, 0.25) is 0 Å². The third kappa shape index (κ3) is 3.75. The van der Waals surface area contributed by atoms with Gasteiger partial charge < -0.3 is 9.30 Å². The molecule has 7 aromatic rings. The average molecular weight is 702 g/mol. The maximum Gasteiger partial charge on any atom is 2.00 e. The molecule has 8 rings (SSSR count). The summed E-state index contributed by atoms with van der Waals surface area (Å²) in [6.07, 6.45) is 6.00. The van der Waals surface area contributed by atoms with E-state index in [9.17, 15) is 0 Å². The van der Waals surface area contributed by atoms with E-state index in [0.717, 1.165) is 45.7 Å². The van der Waals surface area contributed by atoms with Crippen molar-refractivity contribution in [3.63, 3.8) is 0 Å². The number of benzene rings is 4. The second-order valence-electron chi connectivity index (χ2n) is 9.77. The van der Waals surface area contributed by atoms with Gasteiger partial charge in [0.2, 0.25) is 12.1 Å². The summed E-state index contributed by atoms with van der Waals surface area (Å²) in [7, 11) is 2.00. The van der Waals surface area contributed by atoms with E-state index >= 15 is 0 Å². The third-order valence-electron chi connectivity index (χ3n) is 7.33. The van der Waals surface area contributed by atoms with E-state index in [4.69, 9.17) is 9.72 Å². The molecule has 4 heterocycles. The molecule has 0 unspecified atom stereocenters. The fourth-order valence-electron chi connectivity index (χ4n) is 5.57. The molecule has 194 valence electrons. The average Bonchev–Trinajstić information content (AvgIpc) is 3.57. The van der Waals surface area contributed by atoms with Crippen molar-refractivity contribution in [1.29, 1.82) is 0 Å². The summed E-state index contributed by atoms with van der Waals surface area (Å²) in [4.78, 5) is 7.30. The van der Waals surface area contributed by atoms with E-state index in [0.29, 0.717) is 0 Å². The zero-order valence-corrected chi connectivity index (χ0v) is 23.9. The topological polar surface area (TPSA) is 39.1 Å². The minimum atomic E-state index is 0. The molecular weight excluding hydrogens is 677 g/mol. The smallest absolute Gasteiger partial charge is 0.451 e. The van der Waals surface area contributed by atoms with Gasteiger partial charge >= 0.3 is 21.1 Å². The molecule has 0 amide bonds. The Bertz CT molecular complexity index is 2030. The summed E-state index contributed by atoms with van der Waals surface area (Å²) in [5.41, 5.74) is 5.42. The quantitative estimate of drug-likeness (QED) is 0.181. The molecular formula is C33H24N5OPt+3. The van der Waals surface area contributed by atoms with Crippen LogP contribution in [-0.2, 0) is 28.1 Å². The van der Waals surface area contributed by atoms with Crippen LogP contribution in [0, 0.1) is 0 Å². The van der Waals surface area contributed by atoms with E-state index in [2.05, 4.69) is 88.3 Å². The van der Waals surface area contributed by atoms with Gasteiger partial charge in [-0.05, 0) is 48.5 Å². The number of imidazole rings is 1. The van der Waals surface area contributed by atoms with E-state index < -0.39 is 0 Å². The number of aromatic nitrogens is 4. The van der Waals surface area contributed by atoms with Gasteiger partial charge in [0.15, 0.2) is 17.3 Å². The molecule has 7 heteroatoms. The Kier molecular flexibility index (Phi) is 5.79. The van der Waals surface area contributed by atoms with Crippen molar-refractivity contribution in [3.05, 3.63) is 128 Å². The first-order chi connectivity index (χ1) is 19.2. The number of fused-ring (bicyclic) bond motifs is 5. The molecule has 3 aromatic heterocycles. The van der Waals surface area contributed by atoms with Crippen LogP contribution in [0.5, 0.6) is 11.5 Å². The third-order valence-corrected chi connectivity index (χ3v) is 7.33. The minimum absolute atomic E-state index is 0. The normalized spacial score (nSPS) is 12.1. The number of aryl methyl sites for hydroxylation is 1. The van der Waals surface area contributed by atoms with Gasteiger partial charge in [-0.3, -0.25) is 4.90 Å². The van der Waals surface area contributed by atoms with Crippen LogP contribution in [0.15, 0.2) is 128 Å². The minimum Gasteiger partial charge on any atom is -0.451 e. The number of ether oxygens (including phenoxy) is 1. The summed E-state index contributed by atoms with van der Waals surface area (Å²) < 4.78 is 12.7. The van der Waals surface area contributed by atoms with Crippen LogP contribution in [-0.4, -0.2) is 14.1 Å². The maximum absolute atomic E-state index is 6.33. The molecule has 0 saturated heterocycles. The zero-order valence-electron chi connectivity index (χ0n) is 21.6. The summed E-state index contributed by atoms with van der Waals surface area (Å²) in [6.45, 7) is 0. The molecule has 40 heavy (non-hydrogen) atoms. The number of rotatable bonds is 3. The van der Waals surface area contributed by atoms with Crippen molar-refractivity contribution in [2.24, 2.45) is 7.05 Å². The summed E-state index contributed by atoms with van der Waals surface area (Å²) in [5.74, 6) is 3.10. The zero-order chi connectivity index (χ0) is 25.9. The molecule has 0 saturated carbocycles. The first kappa shape index (κ1) is 24.4. The first-order valence-corrected chi connectivity index (χ1v) is 12.9. The van der Waals surface area contributed by atoms with Crippen LogP contribution in [0.4, 0.5) is 17.2 Å².